The number of aryl methyl sites for hydroxylation is 1. The minimum atomic E-state index is -0.125. The zero-order valence-electron chi connectivity index (χ0n) is 7.35. The summed E-state index contributed by atoms with van der Waals surface area (Å²) in [7, 11) is 1.60. The summed E-state index contributed by atoms with van der Waals surface area (Å²) in [5.74, 6) is -0.125. The van der Waals surface area contributed by atoms with Crippen molar-refractivity contribution in [3.05, 3.63) is 17.7 Å². The number of carbonyl (C=O) groups excluding carboxylic acids is 1. The van der Waals surface area contributed by atoms with Crippen molar-refractivity contribution in [1.82, 2.24) is 15.3 Å². The van der Waals surface area contributed by atoms with E-state index < -0.39 is 0 Å². The zero-order valence-corrected chi connectivity index (χ0v) is 7.35. The summed E-state index contributed by atoms with van der Waals surface area (Å²) in [6.45, 7) is 2.06. The monoisotopic (exact) mass is 167 g/mol. The van der Waals surface area contributed by atoms with E-state index in [1.807, 2.05) is 0 Å². The van der Waals surface area contributed by atoms with Crippen LogP contribution in [-0.2, 0) is 6.42 Å². The second-order valence-electron chi connectivity index (χ2n) is 2.56. The molecule has 0 unspecified atom stereocenters. The van der Waals surface area contributed by atoms with Crippen LogP contribution in [0.15, 0.2) is 6.33 Å². The van der Waals surface area contributed by atoms with Crippen LogP contribution in [0, 0.1) is 0 Å². The summed E-state index contributed by atoms with van der Waals surface area (Å²) in [4.78, 5) is 18.1. The first-order valence-corrected chi connectivity index (χ1v) is 4.04. The lowest BCUT2D eigenvalue weighted by Crippen LogP contribution is -2.19. The third-order valence-electron chi connectivity index (χ3n) is 1.66. The highest BCUT2D eigenvalue weighted by Gasteiger charge is 2.11. The molecule has 66 valence electrons. The Labute approximate surface area is 71.4 Å². The maximum Gasteiger partial charge on any atom is 0.271 e. The zero-order chi connectivity index (χ0) is 8.97. The highest BCUT2D eigenvalue weighted by Crippen LogP contribution is 2.04. The second-order valence-corrected chi connectivity index (χ2v) is 2.56. The Morgan fingerprint density at radius 1 is 1.75 bits per heavy atom. The van der Waals surface area contributed by atoms with Crippen molar-refractivity contribution in [3.63, 3.8) is 0 Å². The Balaban J connectivity index is 2.83. The number of nitrogens with one attached hydrogen (secondary N) is 2. The first kappa shape index (κ1) is 8.77. The van der Waals surface area contributed by atoms with Gasteiger partial charge in [0.1, 0.15) is 5.69 Å². The molecule has 0 spiro atoms. The second kappa shape index (κ2) is 3.90. The van der Waals surface area contributed by atoms with Gasteiger partial charge in [-0.05, 0) is 6.42 Å². The minimum absolute atomic E-state index is 0.125. The molecule has 1 amide bonds. The number of amides is 1. The molecule has 1 aromatic rings. The molecule has 0 fully saturated rings. The maximum absolute atomic E-state index is 11.2. The fourth-order valence-corrected chi connectivity index (χ4v) is 1.08. The first-order valence-electron chi connectivity index (χ1n) is 4.04. The smallest absolute Gasteiger partial charge is 0.271 e. The Morgan fingerprint density at radius 3 is 3.08 bits per heavy atom. The molecule has 0 aliphatic rings. The van der Waals surface area contributed by atoms with Crippen molar-refractivity contribution in [3.8, 4) is 0 Å². The van der Waals surface area contributed by atoms with E-state index >= 15 is 0 Å². The Kier molecular flexibility index (Phi) is 2.85. The van der Waals surface area contributed by atoms with E-state index in [0.717, 1.165) is 18.5 Å². The molecule has 1 aromatic heterocycles. The van der Waals surface area contributed by atoms with Gasteiger partial charge in [0.15, 0.2) is 0 Å². The molecular weight excluding hydrogens is 154 g/mol. The van der Waals surface area contributed by atoms with Crippen LogP contribution >= 0.6 is 0 Å². The van der Waals surface area contributed by atoms with Crippen LogP contribution in [0.25, 0.3) is 0 Å². The van der Waals surface area contributed by atoms with Crippen LogP contribution in [-0.4, -0.2) is 22.9 Å². The Morgan fingerprint density at radius 2 is 2.50 bits per heavy atom. The predicted molar refractivity (Wildman–Crippen MR) is 46.0 cm³/mol. The molecule has 12 heavy (non-hydrogen) atoms. The van der Waals surface area contributed by atoms with Crippen molar-refractivity contribution >= 4 is 5.91 Å². The van der Waals surface area contributed by atoms with Crippen molar-refractivity contribution in [1.29, 1.82) is 0 Å². The lowest BCUT2D eigenvalue weighted by molar-refractivity contribution is 0.0957. The van der Waals surface area contributed by atoms with Gasteiger partial charge in [-0.15, -0.1) is 0 Å². The molecule has 0 aliphatic carbocycles. The normalized spacial score (nSPS) is 9.83. The molecule has 0 aromatic carbocycles. The number of carbonyl (C=O) groups is 1. The van der Waals surface area contributed by atoms with Gasteiger partial charge in [0.2, 0.25) is 0 Å². The third-order valence-corrected chi connectivity index (χ3v) is 1.66. The van der Waals surface area contributed by atoms with Gasteiger partial charge < -0.3 is 10.3 Å². The van der Waals surface area contributed by atoms with Gasteiger partial charge in [-0.2, -0.15) is 0 Å². The van der Waals surface area contributed by atoms with E-state index in [-0.39, 0.29) is 5.91 Å². The predicted octanol–water partition coefficient (Wildman–Crippen LogP) is 0.722. The fraction of sp³-hybridized carbons (Fsp3) is 0.500. The Hall–Kier alpha value is -1.32. The fourth-order valence-electron chi connectivity index (χ4n) is 1.08. The summed E-state index contributed by atoms with van der Waals surface area (Å²) in [6, 6.07) is 0. The highest BCUT2D eigenvalue weighted by atomic mass is 16.1. The molecule has 0 saturated heterocycles. The van der Waals surface area contributed by atoms with Crippen LogP contribution in [0.2, 0.25) is 0 Å². The van der Waals surface area contributed by atoms with Crippen molar-refractivity contribution in [2.75, 3.05) is 7.05 Å². The molecule has 0 radical (unpaired) electrons. The summed E-state index contributed by atoms with van der Waals surface area (Å²) in [5.41, 5.74) is 1.43. The summed E-state index contributed by atoms with van der Waals surface area (Å²) < 4.78 is 0. The minimum Gasteiger partial charge on any atom is -0.354 e. The van der Waals surface area contributed by atoms with E-state index in [0.29, 0.717) is 5.69 Å². The molecule has 1 rings (SSSR count). The largest absolute Gasteiger partial charge is 0.354 e. The van der Waals surface area contributed by atoms with Crippen molar-refractivity contribution < 1.29 is 4.79 Å². The molecule has 4 nitrogen and oxygen atoms in total. The van der Waals surface area contributed by atoms with Crippen LogP contribution < -0.4 is 5.32 Å². The lowest BCUT2D eigenvalue weighted by Gasteiger charge is -1.98. The number of rotatable bonds is 3. The molecule has 0 saturated carbocycles. The van der Waals surface area contributed by atoms with E-state index in [2.05, 4.69) is 22.2 Å². The number of aromatic nitrogens is 2. The van der Waals surface area contributed by atoms with Crippen LogP contribution in [0.1, 0.15) is 29.5 Å². The van der Waals surface area contributed by atoms with E-state index in [4.69, 9.17) is 0 Å². The number of aromatic amines is 1. The molecule has 0 bridgehead atoms. The first-order chi connectivity index (χ1) is 5.79. The van der Waals surface area contributed by atoms with Gasteiger partial charge in [-0.3, -0.25) is 4.79 Å². The summed E-state index contributed by atoms with van der Waals surface area (Å²) >= 11 is 0. The molecule has 2 N–H and O–H groups in total. The Bertz CT molecular complexity index is 267. The van der Waals surface area contributed by atoms with Gasteiger partial charge >= 0.3 is 0 Å². The standard InChI is InChI=1S/C8H13N3O/c1-3-4-6-7(8(12)9-2)11-5-10-6/h5H,3-4H2,1-2H3,(H,9,12)(H,10,11). The van der Waals surface area contributed by atoms with E-state index in [1.165, 1.54) is 0 Å². The molecule has 1 heterocycles. The maximum atomic E-state index is 11.2. The van der Waals surface area contributed by atoms with Gasteiger partial charge in [0.05, 0.1) is 6.33 Å². The van der Waals surface area contributed by atoms with Gasteiger partial charge in [-0.1, -0.05) is 13.3 Å². The third kappa shape index (κ3) is 1.64. The molecule has 0 aliphatic heterocycles. The molecule has 4 heteroatoms. The highest BCUT2D eigenvalue weighted by molar-refractivity contribution is 5.93. The topological polar surface area (TPSA) is 57.8 Å². The number of hydrogen-bond acceptors (Lipinski definition) is 2. The number of imidazole rings is 1. The number of nitrogens with zero attached hydrogens (tertiary/aromatic N) is 1. The van der Waals surface area contributed by atoms with Crippen molar-refractivity contribution in [2.24, 2.45) is 0 Å². The summed E-state index contributed by atoms with van der Waals surface area (Å²) in [6.07, 6.45) is 3.42. The van der Waals surface area contributed by atoms with Gasteiger partial charge in [0.25, 0.3) is 5.91 Å². The SMILES string of the molecule is CCCc1[nH]cnc1C(=O)NC. The van der Waals surface area contributed by atoms with E-state index in [9.17, 15) is 4.79 Å². The molecular formula is C8H13N3O. The van der Waals surface area contributed by atoms with Gasteiger partial charge in [-0.25, -0.2) is 4.98 Å². The number of hydrogen-bond donors (Lipinski definition) is 2. The van der Waals surface area contributed by atoms with Crippen LogP contribution in [0.3, 0.4) is 0 Å². The average molecular weight is 167 g/mol. The van der Waals surface area contributed by atoms with Crippen LogP contribution in [0.4, 0.5) is 0 Å². The lowest BCUT2D eigenvalue weighted by atomic mass is 10.2. The van der Waals surface area contributed by atoms with Gasteiger partial charge in [0, 0.05) is 12.7 Å². The molecule has 0 atom stereocenters. The van der Waals surface area contributed by atoms with Crippen LogP contribution in [0.5, 0.6) is 0 Å². The quantitative estimate of drug-likeness (QED) is 0.697. The number of H-pyrrole nitrogens is 1. The van der Waals surface area contributed by atoms with Crippen molar-refractivity contribution in [2.45, 2.75) is 19.8 Å². The average Bonchev–Trinajstić information content (AvgIpc) is 2.52. The summed E-state index contributed by atoms with van der Waals surface area (Å²) in [5, 5.41) is 2.54. The van der Waals surface area contributed by atoms with E-state index in [1.54, 1.807) is 13.4 Å².